The van der Waals surface area contributed by atoms with Gasteiger partial charge in [0, 0.05) is 13.1 Å². The Hall–Kier alpha value is -3.28. The molecule has 170 valence electrons. The first-order chi connectivity index (χ1) is 15.4. The number of rotatable bonds is 13. The monoisotopic (exact) mass is 436 g/mol. The van der Waals surface area contributed by atoms with E-state index in [0.29, 0.717) is 11.8 Å². The zero-order chi connectivity index (χ0) is 23.0. The Labute approximate surface area is 189 Å². The van der Waals surface area contributed by atoms with Crippen molar-refractivity contribution in [1.82, 2.24) is 4.98 Å². The molecule has 0 atom stereocenters. The van der Waals surface area contributed by atoms with E-state index in [2.05, 4.69) is 16.5 Å². The summed E-state index contributed by atoms with van der Waals surface area (Å²) in [6, 6.07) is 16.1. The van der Waals surface area contributed by atoms with E-state index < -0.39 is 11.6 Å². The predicted octanol–water partition coefficient (Wildman–Crippen LogP) is 5.87. The predicted molar refractivity (Wildman–Crippen MR) is 127 cm³/mol. The van der Waals surface area contributed by atoms with Crippen LogP contribution in [0.3, 0.4) is 0 Å². The van der Waals surface area contributed by atoms with Gasteiger partial charge in [-0.25, -0.2) is 4.79 Å². The number of unbranched alkanes of at least 4 members (excludes halogenated alkanes) is 2. The molecule has 3 aromatic rings. The van der Waals surface area contributed by atoms with E-state index in [-0.39, 0.29) is 0 Å². The van der Waals surface area contributed by atoms with Gasteiger partial charge in [0.25, 0.3) is 6.01 Å². The van der Waals surface area contributed by atoms with Gasteiger partial charge in [0.2, 0.25) is 0 Å². The van der Waals surface area contributed by atoms with Crippen molar-refractivity contribution in [2.45, 2.75) is 51.6 Å². The summed E-state index contributed by atoms with van der Waals surface area (Å²) in [5.41, 5.74) is 1.60. The van der Waals surface area contributed by atoms with E-state index in [1.54, 1.807) is 13.8 Å². The molecular formula is C26H32N2O4. The zero-order valence-corrected chi connectivity index (χ0v) is 18.9. The van der Waals surface area contributed by atoms with Gasteiger partial charge in [-0.1, -0.05) is 30.3 Å². The summed E-state index contributed by atoms with van der Waals surface area (Å²) in [7, 11) is 0. The number of aryl methyl sites for hydroxylation is 1. The summed E-state index contributed by atoms with van der Waals surface area (Å²) in [4.78, 5) is 18.1. The maximum absolute atomic E-state index is 11.2. The van der Waals surface area contributed by atoms with E-state index in [4.69, 9.17) is 9.15 Å². The van der Waals surface area contributed by atoms with Crippen LogP contribution >= 0.6 is 0 Å². The Morgan fingerprint density at radius 2 is 1.84 bits per heavy atom. The molecule has 0 unspecified atom stereocenters. The highest BCUT2D eigenvalue weighted by molar-refractivity contribution is 5.76. The first-order valence-corrected chi connectivity index (χ1v) is 11.1. The summed E-state index contributed by atoms with van der Waals surface area (Å²) < 4.78 is 11.6. The molecular weight excluding hydrogens is 404 g/mol. The van der Waals surface area contributed by atoms with Gasteiger partial charge in [0.15, 0.2) is 11.2 Å². The lowest BCUT2D eigenvalue weighted by molar-refractivity contribution is -0.152. The molecule has 0 aliphatic heterocycles. The number of oxazole rings is 1. The molecule has 0 aliphatic carbocycles. The molecule has 3 rings (SSSR count). The van der Waals surface area contributed by atoms with E-state index in [1.807, 2.05) is 54.6 Å². The van der Waals surface area contributed by atoms with Gasteiger partial charge in [0.05, 0.1) is 0 Å². The molecule has 0 aliphatic rings. The summed E-state index contributed by atoms with van der Waals surface area (Å²) in [5, 5.41) is 9.21. The molecule has 0 fully saturated rings. The Bertz CT molecular complexity index is 991. The second kappa shape index (κ2) is 10.8. The van der Waals surface area contributed by atoms with Gasteiger partial charge < -0.3 is 19.2 Å². The van der Waals surface area contributed by atoms with Crippen molar-refractivity contribution in [3.8, 4) is 5.75 Å². The molecule has 0 saturated carbocycles. The molecule has 0 radical (unpaired) electrons. The van der Waals surface area contributed by atoms with Crippen LogP contribution < -0.4 is 9.64 Å². The van der Waals surface area contributed by atoms with Gasteiger partial charge in [-0.15, -0.1) is 6.58 Å². The second-order valence-electron chi connectivity index (χ2n) is 8.40. The van der Waals surface area contributed by atoms with Crippen molar-refractivity contribution in [2.75, 3.05) is 18.0 Å². The number of benzene rings is 2. The first kappa shape index (κ1) is 23.4. The van der Waals surface area contributed by atoms with Crippen LogP contribution in [-0.2, 0) is 11.2 Å². The fourth-order valence-corrected chi connectivity index (χ4v) is 3.43. The Balaban J connectivity index is 1.59. The van der Waals surface area contributed by atoms with Crippen LogP contribution in [0.25, 0.3) is 11.1 Å². The number of carbonyl (C=O) groups is 1. The topological polar surface area (TPSA) is 75.8 Å². The summed E-state index contributed by atoms with van der Waals surface area (Å²) in [5.74, 6) is -0.439. The van der Waals surface area contributed by atoms with Crippen LogP contribution in [0.15, 0.2) is 65.6 Å². The number of allylic oxidation sites excluding steroid dienone is 1. The molecule has 6 heteroatoms. The molecule has 1 aromatic heterocycles. The average Bonchev–Trinajstić information content (AvgIpc) is 3.20. The van der Waals surface area contributed by atoms with Gasteiger partial charge >= 0.3 is 5.97 Å². The molecule has 1 heterocycles. The van der Waals surface area contributed by atoms with Crippen molar-refractivity contribution >= 4 is 23.1 Å². The van der Waals surface area contributed by atoms with Crippen LogP contribution in [0.2, 0.25) is 0 Å². The van der Waals surface area contributed by atoms with E-state index in [9.17, 15) is 9.90 Å². The number of nitrogens with zero attached hydrogens (tertiary/aromatic N) is 2. The lowest BCUT2D eigenvalue weighted by Gasteiger charge is -2.22. The van der Waals surface area contributed by atoms with Crippen LogP contribution in [0.4, 0.5) is 6.01 Å². The number of ether oxygens (including phenoxy) is 1. The highest BCUT2D eigenvalue weighted by Gasteiger charge is 2.29. The summed E-state index contributed by atoms with van der Waals surface area (Å²) in [6.45, 7) is 8.61. The third kappa shape index (κ3) is 6.36. The van der Waals surface area contributed by atoms with Gasteiger partial charge in [-0.05, 0) is 75.8 Å². The first-order valence-electron chi connectivity index (χ1n) is 11.1. The number of carboxylic acid groups (broad SMARTS) is 1. The maximum atomic E-state index is 11.2. The third-order valence-electron chi connectivity index (χ3n) is 5.34. The highest BCUT2D eigenvalue weighted by Crippen LogP contribution is 2.23. The zero-order valence-electron chi connectivity index (χ0n) is 18.9. The van der Waals surface area contributed by atoms with Crippen molar-refractivity contribution in [1.29, 1.82) is 0 Å². The number of carboxylic acids is 1. The van der Waals surface area contributed by atoms with Crippen molar-refractivity contribution in [3.05, 3.63) is 66.7 Å². The summed E-state index contributed by atoms with van der Waals surface area (Å²) in [6.07, 6.45) is 6.95. The number of para-hydroxylation sites is 2. The number of aliphatic carboxylic acids is 1. The van der Waals surface area contributed by atoms with Crippen LogP contribution in [0.5, 0.6) is 5.75 Å². The normalized spacial score (nSPS) is 11.4. The SMILES string of the molecule is C=CCCCCN(CCCc1ccc(OC(C)(C)C(=O)O)cc1)c1nc2ccccc2o1. The Morgan fingerprint density at radius 3 is 2.53 bits per heavy atom. The number of hydrogen-bond donors (Lipinski definition) is 1. The van der Waals surface area contributed by atoms with Gasteiger partial charge in [0.1, 0.15) is 11.3 Å². The molecule has 0 amide bonds. The quantitative estimate of drug-likeness (QED) is 0.267. The number of hydrogen-bond acceptors (Lipinski definition) is 5. The number of anilines is 1. The lowest BCUT2D eigenvalue weighted by atomic mass is 10.1. The smallest absolute Gasteiger partial charge is 0.347 e. The second-order valence-corrected chi connectivity index (χ2v) is 8.40. The molecule has 32 heavy (non-hydrogen) atoms. The molecule has 2 aromatic carbocycles. The minimum Gasteiger partial charge on any atom is -0.478 e. The highest BCUT2D eigenvalue weighted by atomic mass is 16.5. The molecule has 0 spiro atoms. The molecule has 6 nitrogen and oxygen atoms in total. The van der Waals surface area contributed by atoms with Crippen molar-refractivity contribution in [2.24, 2.45) is 0 Å². The van der Waals surface area contributed by atoms with Crippen LogP contribution in [-0.4, -0.2) is 34.8 Å². The van der Waals surface area contributed by atoms with Gasteiger partial charge in [-0.3, -0.25) is 0 Å². The Kier molecular flexibility index (Phi) is 7.92. The summed E-state index contributed by atoms with van der Waals surface area (Å²) >= 11 is 0. The largest absolute Gasteiger partial charge is 0.478 e. The third-order valence-corrected chi connectivity index (χ3v) is 5.34. The van der Waals surface area contributed by atoms with Crippen LogP contribution in [0.1, 0.15) is 45.1 Å². The van der Waals surface area contributed by atoms with Crippen molar-refractivity contribution in [3.63, 3.8) is 0 Å². The minimum atomic E-state index is -1.26. The number of aromatic nitrogens is 1. The van der Waals surface area contributed by atoms with E-state index >= 15 is 0 Å². The average molecular weight is 437 g/mol. The number of fused-ring (bicyclic) bond motifs is 1. The molecule has 0 bridgehead atoms. The lowest BCUT2D eigenvalue weighted by Crippen LogP contribution is -2.37. The van der Waals surface area contributed by atoms with Crippen molar-refractivity contribution < 1.29 is 19.1 Å². The Morgan fingerprint density at radius 1 is 1.12 bits per heavy atom. The minimum absolute atomic E-state index is 0.552. The van der Waals surface area contributed by atoms with Gasteiger partial charge in [-0.2, -0.15) is 4.98 Å². The van der Waals surface area contributed by atoms with E-state index in [1.165, 1.54) is 5.56 Å². The maximum Gasteiger partial charge on any atom is 0.347 e. The molecule has 0 saturated heterocycles. The fourth-order valence-electron chi connectivity index (χ4n) is 3.43. The molecule has 1 N–H and O–H groups in total. The van der Waals surface area contributed by atoms with E-state index in [0.717, 1.165) is 56.3 Å². The fraction of sp³-hybridized carbons (Fsp3) is 0.385. The van der Waals surface area contributed by atoms with Crippen LogP contribution in [0, 0.1) is 0 Å². The standard InChI is InChI=1S/C26H32N2O4/c1-4-5-6-9-18-28(25-27-22-12-7-8-13-23(22)31-25)19-10-11-20-14-16-21(17-15-20)32-26(2,3)24(29)30/h4,7-8,12-17H,1,5-6,9-11,18-19H2,2-3H3,(H,29,30).